The van der Waals surface area contributed by atoms with Crippen LogP contribution in [0.5, 0.6) is 0 Å². The lowest BCUT2D eigenvalue weighted by molar-refractivity contribution is -0.132. The summed E-state index contributed by atoms with van der Waals surface area (Å²) in [5.41, 5.74) is 0.149. The van der Waals surface area contributed by atoms with Gasteiger partial charge in [-0.2, -0.15) is 0 Å². The van der Waals surface area contributed by atoms with Crippen molar-refractivity contribution in [3.63, 3.8) is 0 Å². The third kappa shape index (κ3) is 4.10. The summed E-state index contributed by atoms with van der Waals surface area (Å²) in [5, 5.41) is 6.69. The maximum atomic E-state index is 13.2. The Labute approximate surface area is 191 Å². The van der Waals surface area contributed by atoms with Gasteiger partial charge in [-0.3, -0.25) is 9.59 Å². The molecule has 8 heteroatoms. The molecule has 2 saturated carbocycles. The molecule has 3 aliphatic rings. The van der Waals surface area contributed by atoms with Gasteiger partial charge in [0.1, 0.15) is 0 Å². The smallest absolute Gasteiger partial charge is 0.230 e. The van der Waals surface area contributed by atoms with E-state index in [1.807, 2.05) is 0 Å². The van der Waals surface area contributed by atoms with E-state index in [0.717, 1.165) is 49.1 Å². The Kier molecular flexibility index (Phi) is 6.65. The minimum absolute atomic E-state index is 0.0430. The van der Waals surface area contributed by atoms with E-state index in [-0.39, 0.29) is 40.9 Å². The van der Waals surface area contributed by atoms with Gasteiger partial charge in [-0.05, 0) is 78.5 Å². The van der Waals surface area contributed by atoms with Gasteiger partial charge in [0.25, 0.3) is 0 Å². The highest BCUT2D eigenvalue weighted by atomic mass is 79.9. The summed E-state index contributed by atoms with van der Waals surface area (Å²) in [7, 11) is 0. The molecule has 2 amide bonds. The van der Waals surface area contributed by atoms with E-state index in [1.165, 1.54) is 11.3 Å². The third-order valence-electron chi connectivity index (χ3n) is 7.25. The van der Waals surface area contributed by atoms with Gasteiger partial charge >= 0.3 is 0 Å². The van der Waals surface area contributed by atoms with Crippen LogP contribution in [-0.2, 0) is 9.59 Å². The lowest BCUT2D eigenvalue weighted by Crippen LogP contribution is -2.42. The van der Waals surface area contributed by atoms with Crippen molar-refractivity contribution in [2.45, 2.75) is 39.5 Å². The van der Waals surface area contributed by atoms with Gasteiger partial charge in [0, 0.05) is 6.54 Å². The highest BCUT2D eigenvalue weighted by Gasteiger charge is 2.69. The molecule has 2 N–H and O–H groups in total. The van der Waals surface area contributed by atoms with Crippen molar-refractivity contribution < 1.29 is 9.59 Å². The minimum Gasteiger partial charge on any atom is -0.356 e. The third-order valence-corrected chi connectivity index (χ3v) is 8.64. The summed E-state index contributed by atoms with van der Waals surface area (Å²) in [5.74, 6) is -0.237. The van der Waals surface area contributed by atoms with E-state index < -0.39 is 0 Å². The summed E-state index contributed by atoms with van der Waals surface area (Å²) in [4.78, 5) is 33.0. The molecule has 1 heterocycles. The Bertz CT molecular complexity index is 818. The first-order valence-corrected chi connectivity index (χ1v) is 12.7. The lowest BCUT2D eigenvalue weighted by Gasteiger charge is -2.26. The van der Waals surface area contributed by atoms with Gasteiger partial charge in [-0.25, -0.2) is 4.98 Å². The molecule has 0 saturated heterocycles. The van der Waals surface area contributed by atoms with Crippen molar-refractivity contribution in [2.75, 3.05) is 31.5 Å². The van der Waals surface area contributed by atoms with E-state index in [9.17, 15) is 9.59 Å². The maximum absolute atomic E-state index is 13.2. The molecule has 4 atom stereocenters. The summed E-state index contributed by atoms with van der Waals surface area (Å²) in [6.45, 7) is 8.23. The van der Waals surface area contributed by atoms with Crippen molar-refractivity contribution in [1.29, 1.82) is 0 Å². The Morgan fingerprint density at radius 1 is 1.17 bits per heavy atom. The number of anilines is 1. The Morgan fingerprint density at radius 3 is 2.40 bits per heavy atom. The SMILES string of the molecule is CCN(CC)CCCCNC(=O)[C@H]1[C@H](C(=O)Nc2ncc(Br)s2)[C@H]2C=C[C@H]1C21CC1. The van der Waals surface area contributed by atoms with E-state index in [0.29, 0.717) is 11.7 Å². The number of hydrogen-bond acceptors (Lipinski definition) is 5. The van der Waals surface area contributed by atoms with Crippen LogP contribution in [-0.4, -0.2) is 47.9 Å². The Balaban J connectivity index is 1.37. The predicted octanol–water partition coefficient (Wildman–Crippen LogP) is 3.91. The number of thiazole rings is 1. The maximum Gasteiger partial charge on any atom is 0.230 e. The zero-order valence-electron chi connectivity index (χ0n) is 17.7. The molecular weight excluding hydrogens is 464 g/mol. The van der Waals surface area contributed by atoms with Crippen molar-refractivity contribution in [3.05, 3.63) is 22.1 Å². The topological polar surface area (TPSA) is 74.3 Å². The molecule has 30 heavy (non-hydrogen) atoms. The minimum atomic E-state index is -0.305. The van der Waals surface area contributed by atoms with E-state index in [2.05, 4.69) is 62.4 Å². The predicted molar refractivity (Wildman–Crippen MR) is 123 cm³/mol. The average Bonchev–Trinajstić information content (AvgIpc) is 3.23. The Morgan fingerprint density at radius 2 is 1.83 bits per heavy atom. The van der Waals surface area contributed by atoms with Gasteiger partial charge in [0.05, 0.1) is 21.8 Å². The number of allylic oxidation sites excluding steroid dienone is 2. The molecule has 1 aromatic rings. The first-order chi connectivity index (χ1) is 14.5. The molecule has 1 aromatic heterocycles. The average molecular weight is 495 g/mol. The first-order valence-electron chi connectivity index (χ1n) is 11.1. The second-order valence-electron chi connectivity index (χ2n) is 8.70. The number of hydrogen-bond donors (Lipinski definition) is 2. The van der Waals surface area contributed by atoms with Crippen LogP contribution in [0.1, 0.15) is 39.5 Å². The number of unbranched alkanes of at least 4 members (excludes halogenated alkanes) is 1. The molecule has 6 nitrogen and oxygen atoms in total. The summed E-state index contributed by atoms with van der Waals surface area (Å²) in [6, 6.07) is 0. The van der Waals surface area contributed by atoms with Crippen LogP contribution in [0.15, 0.2) is 22.1 Å². The number of nitrogens with one attached hydrogen (secondary N) is 2. The second kappa shape index (κ2) is 9.09. The molecule has 3 aliphatic carbocycles. The van der Waals surface area contributed by atoms with E-state index in [1.54, 1.807) is 6.20 Å². The molecule has 1 spiro atoms. The molecular formula is C22H31BrN4O2S. The van der Waals surface area contributed by atoms with Crippen molar-refractivity contribution in [3.8, 4) is 0 Å². The number of aromatic nitrogens is 1. The highest BCUT2D eigenvalue weighted by molar-refractivity contribution is 9.11. The summed E-state index contributed by atoms with van der Waals surface area (Å²) < 4.78 is 0.878. The molecule has 2 bridgehead atoms. The number of amides is 2. The van der Waals surface area contributed by atoms with Crippen molar-refractivity contribution in [2.24, 2.45) is 29.1 Å². The van der Waals surface area contributed by atoms with Crippen LogP contribution in [0.4, 0.5) is 5.13 Å². The first kappa shape index (κ1) is 22.0. The van der Waals surface area contributed by atoms with E-state index >= 15 is 0 Å². The van der Waals surface area contributed by atoms with Gasteiger partial charge in [-0.1, -0.05) is 37.3 Å². The lowest BCUT2D eigenvalue weighted by atomic mass is 9.81. The van der Waals surface area contributed by atoms with Crippen LogP contribution in [0.3, 0.4) is 0 Å². The van der Waals surface area contributed by atoms with Crippen molar-refractivity contribution >= 4 is 44.2 Å². The van der Waals surface area contributed by atoms with Crippen LogP contribution >= 0.6 is 27.3 Å². The largest absolute Gasteiger partial charge is 0.356 e. The van der Waals surface area contributed by atoms with Gasteiger partial charge in [0.15, 0.2) is 5.13 Å². The monoisotopic (exact) mass is 494 g/mol. The van der Waals surface area contributed by atoms with E-state index in [4.69, 9.17) is 0 Å². The number of nitrogens with zero attached hydrogens (tertiary/aromatic N) is 2. The van der Waals surface area contributed by atoms with Crippen LogP contribution in [0.25, 0.3) is 0 Å². The normalized spacial score (nSPS) is 27.7. The molecule has 164 valence electrons. The van der Waals surface area contributed by atoms with Crippen LogP contribution < -0.4 is 10.6 Å². The molecule has 0 aliphatic heterocycles. The molecule has 0 aromatic carbocycles. The number of rotatable bonds is 10. The standard InChI is InChI=1S/C22H31BrN4O2S/c1-3-27(4-2)12-6-5-11-24-19(28)17-14-7-8-15(22(14)9-10-22)18(17)20(29)26-21-25-13-16(23)30-21/h7-8,13-15,17-18H,3-6,9-12H2,1-2H3,(H,24,28)(H,25,26,29)/t14-,15-,17-,18-/m1/s1. The summed E-state index contributed by atoms with van der Waals surface area (Å²) in [6.07, 6.45) is 10.4. The molecule has 2 fully saturated rings. The summed E-state index contributed by atoms with van der Waals surface area (Å²) >= 11 is 4.78. The fourth-order valence-electron chi connectivity index (χ4n) is 5.54. The fourth-order valence-corrected chi connectivity index (χ4v) is 6.65. The van der Waals surface area contributed by atoms with Gasteiger partial charge in [-0.15, -0.1) is 0 Å². The number of halogens is 1. The van der Waals surface area contributed by atoms with Crippen LogP contribution in [0.2, 0.25) is 0 Å². The second-order valence-corrected chi connectivity index (χ2v) is 11.1. The molecule has 0 unspecified atom stereocenters. The zero-order valence-corrected chi connectivity index (χ0v) is 20.1. The molecule has 4 rings (SSSR count). The Hall–Kier alpha value is -1.25. The van der Waals surface area contributed by atoms with Gasteiger partial charge in [0.2, 0.25) is 11.8 Å². The van der Waals surface area contributed by atoms with Gasteiger partial charge < -0.3 is 15.5 Å². The van der Waals surface area contributed by atoms with Crippen LogP contribution in [0, 0.1) is 29.1 Å². The van der Waals surface area contributed by atoms with Crippen molar-refractivity contribution in [1.82, 2.24) is 15.2 Å². The quantitative estimate of drug-likeness (QED) is 0.381. The molecule has 0 radical (unpaired) electrons. The highest BCUT2D eigenvalue weighted by Crippen LogP contribution is 2.72. The zero-order chi connectivity index (χ0) is 21.3. The number of carbonyl (C=O) groups is 2. The fraction of sp³-hybridized carbons (Fsp3) is 0.682. The number of carbonyl (C=O) groups excluding carboxylic acids is 2.